The monoisotopic (exact) mass is 711 g/mol. The average Bonchev–Trinajstić information content (AvgIpc) is 3.14. The van der Waals surface area contributed by atoms with Crippen molar-refractivity contribution >= 4 is 46.9 Å². The highest BCUT2D eigenvalue weighted by Crippen LogP contribution is 2.38. The van der Waals surface area contributed by atoms with Gasteiger partial charge in [-0.3, -0.25) is 14.4 Å². The Labute approximate surface area is 296 Å². The van der Waals surface area contributed by atoms with Gasteiger partial charge in [-0.25, -0.2) is 0 Å². The SMILES string of the molecule is COc1ccc(/C=C(/NC(=O)c2ccccc2)C(=O)Nc2cccc(SC(C(=O)Nc3cccc(C(F)(F)F)c3)c3ccccc3)c2)cc1OC. The molecule has 0 saturated carbocycles. The Morgan fingerprint density at radius 2 is 1.35 bits per heavy atom. The first kappa shape index (κ1) is 36.3. The number of hydrogen-bond donors (Lipinski definition) is 3. The fourth-order valence-corrected chi connectivity index (χ4v) is 6.00. The van der Waals surface area contributed by atoms with E-state index in [-0.39, 0.29) is 11.4 Å². The van der Waals surface area contributed by atoms with Gasteiger partial charge in [0.25, 0.3) is 11.8 Å². The van der Waals surface area contributed by atoms with E-state index in [1.54, 1.807) is 103 Å². The maximum Gasteiger partial charge on any atom is 0.416 e. The molecular weight excluding hydrogens is 680 g/mol. The van der Waals surface area contributed by atoms with Crippen LogP contribution in [-0.2, 0) is 15.8 Å². The van der Waals surface area contributed by atoms with Gasteiger partial charge in [-0.15, -0.1) is 11.8 Å². The molecule has 0 aromatic heterocycles. The summed E-state index contributed by atoms with van der Waals surface area (Å²) in [6, 6.07) is 33.4. The second kappa shape index (κ2) is 16.6. The number of hydrogen-bond acceptors (Lipinski definition) is 6. The van der Waals surface area contributed by atoms with Gasteiger partial charge in [0.15, 0.2) is 11.5 Å². The van der Waals surface area contributed by atoms with Gasteiger partial charge in [-0.05, 0) is 77.9 Å². The normalized spacial score (nSPS) is 12.0. The van der Waals surface area contributed by atoms with Crippen molar-refractivity contribution in [1.82, 2.24) is 5.32 Å². The molecule has 5 aromatic rings. The van der Waals surface area contributed by atoms with Crippen molar-refractivity contribution in [2.45, 2.75) is 16.3 Å². The lowest BCUT2D eigenvalue weighted by atomic mass is 10.1. The zero-order chi connectivity index (χ0) is 36.4. The molecule has 1 atom stereocenters. The minimum absolute atomic E-state index is 0.00344. The summed E-state index contributed by atoms with van der Waals surface area (Å²) in [5, 5.41) is 7.26. The third kappa shape index (κ3) is 9.79. The summed E-state index contributed by atoms with van der Waals surface area (Å²) in [5.74, 6) is -0.753. The Morgan fingerprint density at radius 1 is 0.706 bits per heavy atom. The number of ether oxygens (including phenoxy) is 2. The van der Waals surface area contributed by atoms with Crippen LogP contribution in [-0.4, -0.2) is 31.9 Å². The molecule has 260 valence electrons. The molecule has 3 amide bonds. The van der Waals surface area contributed by atoms with Crippen molar-refractivity contribution in [3.05, 3.63) is 155 Å². The number of carbonyl (C=O) groups excluding carboxylic acids is 3. The van der Waals surface area contributed by atoms with Crippen LogP contribution in [0, 0.1) is 0 Å². The zero-order valence-electron chi connectivity index (χ0n) is 27.4. The van der Waals surface area contributed by atoms with Crippen molar-refractivity contribution in [2.75, 3.05) is 24.9 Å². The molecule has 3 N–H and O–H groups in total. The van der Waals surface area contributed by atoms with Crippen LogP contribution in [0.25, 0.3) is 6.08 Å². The van der Waals surface area contributed by atoms with E-state index in [4.69, 9.17) is 9.47 Å². The average molecular weight is 712 g/mol. The second-order valence-corrected chi connectivity index (χ2v) is 12.1. The quantitative estimate of drug-likeness (QED) is 0.0885. The summed E-state index contributed by atoms with van der Waals surface area (Å²) in [7, 11) is 2.99. The van der Waals surface area contributed by atoms with Crippen molar-refractivity contribution in [2.24, 2.45) is 0 Å². The predicted molar refractivity (Wildman–Crippen MR) is 192 cm³/mol. The number of benzene rings is 5. The van der Waals surface area contributed by atoms with E-state index in [9.17, 15) is 27.6 Å². The van der Waals surface area contributed by atoms with E-state index in [1.165, 1.54) is 32.4 Å². The second-order valence-electron chi connectivity index (χ2n) is 11.0. The summed E-state index contributed by atoms with van der Waals surface area (Å²) in [4.78, 5) is 41.0. The summed E-state index contributed by atoms with van der Waals surface area (Å²) in [6.07, 6.45) is -3.07. The molecule has 0 saturated heterocycles. The van der Waals surface area contributed by atoms with Crippen LogP contribution in [0.1, 0.15) is 32.3 Å². The predicted octanol–water partition coefficient (Wildman–Crippen LogP) is 8.60. The van der Waals surface area contributed by atoms with Crippen LogP contribution in [0.4, 0.5) is 24.5 Å². The Morgan fingerprint density at radius 3 is 2.02 bits per heavy atom. The van der Waals surface area contributed by atoms with Crippen molar-refractivity contribution in [3.8, 4) is 11.5 Å². The molecule has 8 nitrogen and oxygen atoms in total. The number of amides is 3. The molecule has 0 fully saturated rings. The van der Waals surface area contributed by atoms with E-state index in [0.717, 1.165) is 23.9 Å². The van der Waals surface area contributed by atoms with Crippen LogP contribution in [0.2, 0.25) is 0 Å². The molecule has 0 bridgehead atoms. The molecule has 0 aliphatic heterocycles. The highest BCUT2D eigenvalue weighted by Gasteiger charge is 2.31. The molecule has 5 rings (SSSR count). The molecule has 5 aromatic carbocycles. The maximum absolute atomic E-state index is 13.7. The molecular formula is C39H32F3N3O5S. The van der Waals surface area contributed by atoms with Crippen molar-refractivity contribution < 1.29 is 37.0 Å². The smallest absolute Gasteiger partial charge is 0.416 e. The van der Waals surface area contributed by atoms with Gasteiger partial charge in [0.2, 0.25) is 5.91 Å². The number of thioether (sulfide) groups is 1. The highest BCUT2D eigenvalue weighted by atomic mass is 32.2. The van der Waals surface area contributed by atoms with Gasteiger partial charge in [0, 0.05) is 21.8 Å². The van der Waals surface area contributed by atoms with Gasteiger partial charge >= 0.3 is 6.18 Å². The molecule has 0 aliphatic carbocycles. The van der Waals surface area contributed by atoms with E-state index in [1.807, 2.05) is 0 Å². The summed E-state index contributed by atoms with van der Waals surface area (Å²) in [6.45, 7) is 0. The standard InChI is InChI=1S/C39H32F3N3O5S/c1-49-33-20-19-25(22-34(33)50-2)21-32(45-36(46)27-13-7-4-8-14-27)37(47)43-30-17-10-18-31(24-30)51-35(26-11-5-3-6-12-26)38(48)44-29-16-9-15-28(23-29)39(40,41)42/h3-24,35H,1-2H3,(H,43,47)(H,44,48)(H,45,46)/b32-21+. The lowest BCUT2D eigenvalue weighted by Gasteiger charge is -2.18. The van der Waals surface area contributed by atoms with Gasteiger partial charge in [0.1, 0.15) is 10.9 Å². The Kier molecular flexibility index (Phi) is 11.8. The van der Waals surface area contributed by atoms with E-state index in [2.05, 4.69) is 16.0 Å². The minimum Gasteiger partial charge on any atom is -0.493 e. The van der Waals surface area contributed by atoms with E-state index < -0.39 is 34.7 Å². The minimum atomic E-state index is -4.57. The van der Waals surface area contributed by atoms with E-state index >= 15 is 0 Å². The number of carbonyl (C=O) groups is 3. The van der Waals surface area contributed by atoms with Crippen molar-refractivity contribution in [3.63, 3.8) is 0 Å². The highest BCUT2D eigenvalue weighted by molar-refractivity contribution is 8.00. The molecule has 1 unspecified atom stereocenters. The number of methoxy groups -OCH3 is 2. The third-order valence-corrected chi connectivity index (χ3v) is 8.64. The topological polar surface area (TPSA) is 106 Å². The fourth-order valence-electron chi connectivity index (χ4n) is 4.92. The van der Waals surface area contributed by atoms with Crippen LogP contribution in [0.15, 0.2) is 138 Å². The molecule has 0 radical (unpaired) electrons. The van der Waals surface area contributed by atoms with Crippen LogP contribution in [0.3, 0.4) is 0 Å². The maximum atomic E-state index is 13.7. The van der Waals surface area contributed by atoms with Gasteiger partial charge < -0.3 is 25.4 Å². The van der Waals surface area contributed by atoms with Gasteiger partial charge in [0.05, 0.1) is 19.8 Å². The number of alkyl halides is 3. The largest absolute Gasteiger partial charge is 0.493 e. The van der Waals surface area contributed by atoms with Crippen LogP contribution in [0.5, 0.6) is 11.5 Å². The lowest BCUT2D eigenvalue weighted by molar-refractivity contribution is -0.137. The van der Waals surface area contributed by atoms with Crippen molar-refractivity contribution in [1.29, 1.82) is 0 Å². The summed E-state index contributed by atoms with van der Waals surface area (Å²) >= 11 is 1.15. The first-order chi connectivity index (χ1) is 24.5. The van der Waals surface area contributed by atoms with Gasteiger partial charge in [-0.2, -0.15) is 13.2 Å². The number of nitrogens with one attached hydrogen (secondary N) is 3. The Hall–Kier alpha value is -6.01. The van der Waals surface area contributed by atoms with Crippen LogP contribution >= 0.6 is 11.8 Å². The third-order valence-electron chi connectivity index (χ3n) is 7.39. The first-order valence-electron chi connectivity index (χ1n) is 15.5. The lowest BCUT2D eigenvalue weighted by Crippen LogP contribution is -2.30. The Balaban J connectivity index is 1.40. The molecule has 12 heteroatoms. The van der Waals surface area contributed by atoms with E-state index in [0.29, 0.717) is 38.8 Å². The number of rotatable bonds is 12. The number of halogens is 3. The first-order valence-corrected chi connectivity index (χ1v) is 16.3. The molecule has 0 aliphatic rings. The van der Waals surface area contributed by atoms with Gasteiger partial charge in [-0.1, -0.05) is 66.7 Å². The molecule has 0 spiro atoms. The fraction of sp³-hybridized carbons (Fsp3) is 0.103. The molecule has 0 heterocycles. The zero-order valence-corrected chi connectivity index (χ0v) is 28.2. The van der Waals surface area contributed by atoms with Crippen LogP contribution < -0.4 is 25.4 Å². The summed E-state index contributed by atoms with van der Waals surface area (Å²) < 4.78 is 50.7. The number of anilines is 2. The Bertz CT molecular complexity index is 2040. The molecule has 51 heavy (non-hydrogen) atoms. The summed E-state index contributed by atoms with van der Waals surface area (Å²) in [5.41, 5.74) is 0.935.